The number of ether oxygens (including phenoxy) is 1. The molecule has 4 fully saturated rings. The molecule has 34 heavy (non-hydrogen) atoms. The summed E-state index contributed by atoms with van der Waals surface area (Å²) < 4.78 is 37.1. The van der Waals surface area contributed by atoms with Crippen molar-refractivity contribution < 1.29 is 11.9 Å². The molecule has 3 atom stereocenters. The summed E-state index contributed by atoms with van der Waals surface area (Å²) in [5.41, 5.74) is 3.77. The van der Waals surface area contributed by atoms with Gasteiger partial charge >= 0.3 is 0 Å². The molecular weight excluding hydrogens is 427 g/mol. The highest BCUT2D eigenvalue weighted by atomic mass is 19.1. The smallest absolute Gasteiger partial charge is 0.152 e. The molecule has 6 rings (SSSR count). The molecule has 4 aliphatic rings. The van der Waals surface area contributed by atoms with Crippen molar-refractivity contribution in [1.82, 2.24) is 15.1 Å². The van der Waals surface area contributed by atoms with Gasteiger partial charge in [0.1, 0.15) is 5.82 Å². The van der Waals surface area contributed by atoms with E-state index < -0.39 is 6.50 Å². The largest absolute Gasteiger partial charge is 0.381 e. The molecule has 1 unspecified atom stereocenters. The van der Waals surface area contributed by atoms with Gasteiger partial charge in [0, 0.05) is 52.7 Å². The lowest BCUT2D eigenvalue weighted by Crippen LogP contribution is -2.32. The Morgan fingerprint density at radius 1 is 1.09 bits per heavy atom. The molecule has 2 saturated carbocycles. The Kier molecular flexibility index (Phi) is 5.66. The van der Waals surface area contributed by atoms with Crippen molar-refractivity contribution in [2.45, 2.75) is 63.8 Å². The number of aryl methyl sites for hydroxylation is 1. The number of halogens is 1. The lowest BCUT2D eigenvalue weighted by molar-refractivity contribution is 0.0545. The van der Waals surface area contributed by atoms with Gasteiger partial charge in [0.05, 0.1) is 5.69 Å². The molecule has 6 heteroatoms. The highest BCUT2D eigenvalue weighted by molar-refractivity contribution is 5.66. The second kappa shape index (κ2) is 9.54. The van der Waals surface area contributed by atoms with Crippen LogP contribution in [0.4, 0.5) is 10.2 Å². The standard InChI is InChI=1S/C28H37FN4O/c1-18-5-6-23(29)13-25(18)27-14-26(20-3-2-4-20)28(32-31-27)30-24-11-21-16-33(17-22(21)12-24)15-19-7-9-34-10-8-19/h5-6,13-14,19-22,24H,2-4,7-12,15-17H2,1H3,(H,30,32)/t21-,22+,24?/i15D2. The van der Waals surface area contributed by atoms with Crippen LogP contribution in [0.1, 0.15) is 64.7 Å². The van der Waals surface area contributed by atoms with Crippen LogP contribution in [0, 0.1) is 30.5 Å². The zero-order valence-electron chi connectivity index (χ0n) is 22.1. The fraction of sp³-hybridized carbons (Fsp3) is 0.643. The number of nitrogens with zero attached hydrogens (tertiary/aromatic N) is 3. The molecule has 3 heterocycles. The summed E-state index contributed by atoms with van der Waals surface area (Å²) >= 11 is 0. The molecule has 2 saturated heterocycles. The first kappa shape index (κ1) is 20.2. The normalized spacial score (nSPS) is 29.4. The van der Waals surface area contributed by atoms with Crippen LogP contribution in [0.2, 0.25) is 0 Å². The predicted octanol–water partition coefficient (Wildman–Crippen LogP) is 5.41. The van der Waals surface area contributed by atoms with Crippen LogP contribution in [0.15, 0.2) is 24.3 Å². The summed E-state index contributed by atoms with van der Waals surface area (Å²) in [6, 6.07) is 7.31. The Morgan fingerprint density at radius 2 is 1.85 bits per heavy atom. The third-order valence-corrected chi connectivity index (χ3v) is 8.52. The number of benzene rings is 1. The van der Waals surface area contributed by atoms with Crippen molar-refractivity contribution in [3.63, 3.8) is 0 Å². The van der Waals surface area contributed by atoms with E-state index in [2.05, 4.69) is 26.5 Å². The summed E-state index contributed by atoms with van der Waals surface area (Å²) in [4.78, 5) is 2.12. The summed E-state index contributed by atoms with van der Waals surface area (Å²) in [5, 5.41) is 12.9. The third-order valence-electron chi connectivity index (χ3n) is 8.52. The number of anilines is 1. The van der Waals surface area contributed by atoms with Crippen molar-refractivity contribution in [3.05, 3.63) is 41.2 Å². The minimum Gasteiger partial charge on any atom is -0.381 e. The van der Waals surface area contributed by atoms with Crippen LogP contribution in [0.25, 0.3) is 11.3 Å². The maximum absolute atomic E-state index is 13.9. The van der Waals surface area contributed by atoms with E-state index in [-0.39, 0.29) is 11.7 Å². The summed E-state index contributed by atoms with van der Waals surface area (Å²) in [5.74, 6) is 2.23. The van der Waals surface area contributed by atoms with E-state index in [9.17, 15) is 4.39 Å². The number of aromatic nitrogens is 2. The second-order valence-electron chi connectivity index (χ2n) is 10.9. The van der Waals surface area contributed by atoms with E-state index in [0.717, 1.165) is 74.3 Å². The van der Waals surface area contributed by atoms with E-state index >= 15 is 0 Å². The lowest BCUT2D eigenvalue weighted by atomic mass is 9.80. The van der Waals surface area contributed by atoms with Gasteiger partial charge in [-0.3, -0.25) is 0 Å². The van der Waals surface area contributed by atoms with Gasteiger partial charge in [0.2, 0.25) is 0 Å². The quantitative estimate of drug-likeness (QED) is 0.617. The average molecular weight is 467 g/mol. The Balaban J connectivity index is 1.15. The van der Waals surface area contributed by atoms with Crippen molar-refractivity contribution in [3.8, 4) is 11.3 Å². The predicted molar refractivity (Wildman–Crippen MR) is 132 cm³/mol. The zero-order chi connectivity index (χ0) is 24.9. The van der Waals surface area contributed by atoms with Gasteiger partial charge in [-0.2, -0.15) is 0 Å². The SMILES string of the molecule is [2H]C([2H])(C1CCOCC1)N1C[C@H]2CC(Nc3nnc(-c4cc(F)ccc4C)cc3C3CCC3)C[C@H]2C1. The first-order valence-corrected chi connectivity index (χ1v) is 13.1. The molecule has 0 amide bonds. The van der Waals surface area contributed by atoms with Crippen LogP contribution in [0.3, 0.4) is 0 Å². The van der Waals surface area contributed by atoms with Gasteiger partial charge in [0.25, 0.3) is 0 Å². The fourth-order valence-corrected chi connectivity index (χ4v) is 6.35. The lowest BCUT2D eigenvalue weighted by Gasteiger charge is -2.29. The van der Waals surface area contributed by atoms with Gasteiger partial charge in [-0.05, 0) is 92.9 Å². The molecule has 182 valence electrons. The van der Waals surface area contributed by atoms with E-state index in [1.807, 2.05) is 6.92 Å². The van der Waals surface area contributed by atoms with Gasteiger partial charge in [-0.25, -0.2) is 4.39 Å². The maximum Gasteiger partial charge on any atom is 0.152 e. The van der Waals surface area contributed by atoms with Gasteiger partial charge in [0.15, 0.2) is 5.82 Å². The minimum absolute atomic E-state index is 0.0690. The molecule has 2 aromatic rings. The number of rotatable bonds is 6. The molecule has 1 N–H and O–H groups in total. The number of fused-ring (bicyclic) bond motifs is 1. The van der Waals surface area contributed by atoms with E-state index in [1.165, 1.54) is 18.1 Å². The molecule has 1 aromatic carbocycles. The molecule has 2 aliphatic carbocycles. The van der Waals surface area contributed by atoms with E-state index in [0.29, 0.717) is 37.0 Å². The maximum atomic E-state index is 13.9. The van der Waals surface area contributed by atoms with E-state index in [4.69, 9.17) is 7.48 Å². The van der Waals surface area contributed by atoms with Gasteiger partial charge < -0.3 is 15.0 Å². The minimum atomic E-state index is -1.25. The summed E-state index contributed by atoms with van der Waals surface area (Å²) in [6.45, 7) is 3.78. The number of hydrogen-bond acceptors (Lipinski definition) is 5. The van der Waals surface area contributed by atoms with Gasteiger partial charge in [-0.1, -0.05) is 12.5 Å². The van der Waals surface area contributed by atoms with Gasteiger partial charge in [-0.15, -0.1) is 10.2 Å². The number of hydrogen-bond donors (Lipinski definition) is 1. The third kappa shape index (κ3) is 4.59. The Hall–Kier alpha value is -2.05. The van der Waals surface area contributed by atoms with Crippen LogP contribution in [-0.2, 0) is 4.74 Å². The Bertz CT molecular complexity index is 1090. The Labute approximate surface area is 205 Å². The first-order chi connectivity index (χ1) is 17.4. The van der Waals surface area contributed by atoms with Crippen LogP contribution in [0.5, 0.6) is 0 Å². The zero-order valence-corrected chi connectivity index (χ0v) is 20.1. The molecule has 5 nitrogen and oxygen atoms in total. The van der Waals surface area contributed by atoms with E-state index in [1.54, 1.807) is 12.1 Å². The van der Waals surface area contributed by atoms with Crippen LogP contribution >= 0.6 is 0 Å². The number of likely N-dealkylation sites (tertiary alicyclic amines) is 1. The Morgan fingerprint density at radius 3 is 2.56 bits per heavy atom. The first-order valence-electron chi connectivity index (χ1n) is 14.1. The number of nitrogens with one attached hydrogen (secondary N) is 1. The molecule has 0 spiro atoms. The van der Waals surface area contributed by atoms with Crippen molar-refractivity contribution >= 4 is 5.82 Å². The van der Waals surface area contributed by atoms with Crippen molar-refractivity contribution in [2.24, 2.45) is 17.8 Å². The van der Waals surface area contributed by atoms with Crippen LogP contribution < -0.4 is 5.32 Å². The van der Waals surface area contributed by atoms with Crippen molar-refractivity contribution in [2.75, 3.05) is 38.1 Å². The molecule has 0 bridgehead atoms. The second-order valence-corrected chi connectivity index (χ2v) is 10.9. The highest BCUT2D eigenvalue weighted by Gasteiger charge is 2.41. The fourth-order valence-electron chi connectivity index (χ4n) is 6.35. The topological polar surface area (TPSA) is 50.3 Å². The summed E-state index contributed by atoms with van der Waals surface area (Å²) in [7, 11) is 0. The van der Waals surface area contributed by atoms with Crippen LogP contribution in [-0.4, -0.2) is 53.9 Å². The summed E-state index contributed by atoms with van der Waals surface area (Å²) in [6.07, 6.45) is 7.28. The molecule has 0 radical (unpaired) electrons. The average Bonchev–Trinajstić information content (AvgIpc) is 3.41. The molecule has 1 aromatic heterocycles. The molecular formula is C28H37FN4O. The highest BCUT2D eigenvalue weighted by Crippen LogP contribution is 2.43. The van der Waals surface area contributed by atoms with Crippen molar-refractivity contribution in [1.29, 1.82) is 0 Å². The monoisotopic (exact) mass is 466 g/mol. The molecule has 2 aliphatic heterocycles.